The minimum atomic E-state index is -0.572. The maximum absolute atomic E-state index is 11.4. The van der Waals surface area contributed by atoms with Gasteiger partial charge in [-0.25, -0.2) is 0 Å². The highest BCUT2D eigenvalue weighted by molar-refractivity contribution is 6.10. The highest BCUT2D eigenvalue weighted by atomic mass is 16.1. The lowest BCUT2D eigenvalue weighted by molar-refractivity contribution is 0.100. The first kappa shape index (κ1) is 14.0. The predicted molar refractivity (Wildman–Crippen MR) is 71.6 cm³/mol. The van der Waals surface area contributed by atoms with E-state index >= 15 is 0 Å². The normalized spacial score (nSPS) is 8.84. The van der Waals surface area contributed by atoms with E-state index in [1.54, 1.807) is 43.3 Å². The third-order valence-electron chi connectivity index (χ3n) is 2.25. The number of primary amides is 1. The lowest BCUT2D eigenvalue weighted by Crippen LogP contribution is -2.18. The van der Waals surface area contributed by atoms with Crippen LogP contribution in [0.2, 0.25) is 0 Å². The first-order valence-corrected chi connectivity index (χ1v) is 5.24. The van der Waals surface area contributed by atoms with Crippen molar-refractivity contribution in [3.05, 3.63) is 23.8 Å². The Kier molecular flexibility index (Phi) is 4.44. The van der Waals surface area contributed by atoms with Crippen LogP contribution in [0.1, 0.15) is 10.4 Å². The summed E-state index contributed by atoms with van der Waals surface area (Å²) in [5.74, 6) is -0.572. The number of rotatable bonds is 4. The van der Waals surface area contributed by atoms with Gasteiger partial charge >= 0.3 is 0 Å². The average molecular weight is 256 g/mol. The fourth-order valence-electron chi connectivity index (χ4n) is 1.39. The van der Waals surface area contributed by atoms with E-state index in [2.05, 4.69) is 10.5 Å². The zero-order valence-electron chi connectivity index (χ0n) is 10.5. The molecule has 0 radical (unpaired) electrons. The van der Waals surface area contributed by atoms with Crippen LogP contribution in [0.15, 0.2) is 23.3 Å². The van der Waals surface area contributed by atoms with Crippen molar-refractivity contribution in [1.82, 2.24) is 0 Å². The SMILES string of the molecule is CN(C)c1ccc(NN=C(C#N)C#N)cc1C(N)=O. The molecule has 1 amide bonds. The van der Waals surface area contributed by atoms with E-state index in [-0.39, 0.29) is 5.71 Å². The van der Waals surface area contributed by atoms with E-state index in [0.29, 0.717) is 16.9 Å². The molecule has 0 aromatic heterocycles. The molecular weight excluding hydrogens is 244 g/mol. The largest absolute Gasteiger partial charge is 0.377 e. The van der Waals surface area contributed by atoms with Crippen LogP contribution in [-0.4, -0.2) is 25.7 Å². The number of hydrogen-bond donors (Lipinski definition) is 2. The minimum Gasteiger partial charge on any atom is -0.377 e. The molecular formula is C12H12N6O. The van der Waals surface area contributed by atoms with Crippen molar-refractivity contribution in [3.8, 4) is 12.1 Å². The highest BCUT2D eigenvalue weighted by Crippen LogP contribution is 2.22. The Morgan fingerprint density at radius 3 is 2.47 bits per heavy atom. The molecule has 96 valence electrons. The first-order valence-electron chi connectivity index (χ1n) is 5.24. The van der Waals surface area contributed by atoms with Crippen LogP contribution < -0.4 is 16.1 Å². The summed E-state index contributed by atoms with van der Waals surface area (Å²) in [7, 11) is 3.58. The van der Waals surface area contributed by atoms with Crippen molar-refractivity contribution < 1.29 is 4.79 Å². The third-order valence-corrected chi connectivity index (χ3v) is 2.25. The number of nitrogens with zero attached hydrogens (tertiary/aromatic N) is 4. The van der Waals surface area contributed by atoms with Gasteiger partial charge in [0.2, 0.25) is 5.71 Å². The van der Waals surface area contributed by atoms with E-state index in [9.17, 15) is 4.79 Å². The zero-order valence-corrected chi connectivity index (χ0v) is 10.5. The Morgan fingerprint density at radius 1 is 1.37 bits per heavy atom. The highest BCUT2D eigenvalue weighted by Gasteiger charge is 2.10. The topological polar surface area (TPSA) is 118 Å². The molecule has 0 aliphatic carbocycles. The molecule has 0 heterocycles. The average Bonchev–Trinajstić information content (AvgIpc) is 2.39. The van der Waals surface area contributed by atoms with Crippen LogP contribution in [0.25, 0.3) is 0 Å². The second kappa shape index (κ2) is 6.03. The minimum absolute atomic E-state index is 0.308. The van der Waals surface area contributed by atoms with E-state index in [0.717, 1.165) is 0 Å². The maximum atomic E-state index is 11.4. The molecule has 0 saturated heterocycles. The lowest BCUT2D eigenvalue weighted by Gasteiger charge is -2.16. The summed E-state index contributed by atoms with van der Waals surface area (Å²) >= 11 is 0. The second-order valence-corrected chi connectivity index (χ2v) is 3.79. The molecule has 0 aliphatic rings. The summed E-state index contributed by atoms with van der Waals surface area (Å²) < 4.78 is 0. The van der Waals surface area contributed by atoms with E-state index in [4.69, 9.17) is 16.3 Å². The first-order chi connectivity index (χ1) is 8.99. The van der Waals surface area contributed by atoms with Crippen LogP contribution in [0.4, 0.5) is 11.4 Å². The van der Waals surface area contributed by atoms with E-state index < -0.39 is 5.91 Å². The van der Waals surface area contributed by atoms with Crippen LogP contribution in [0.5, 0.6) is 0 Å². The lowest BCUT2D eigenvalue weighted by atomic mass is 10.1. The number of nitrogens with one attached hydrogen (secondary N) is 1. The number of amides is 1. The smallest absolute Gasteiger partial charge is 0.250 e. The Hall–Kier alpha value is -3.06. The van der Waals surface area contributed by atoms with Crippen molar-refractivity contribution in [2.24, 2.45) is 10.8 Å². The summed E-state index contributed by atoms with van der Waals surface area (Å²) in [6.07, 6.45) is 0. The standard InChI is InChI=1S/C12H12N6O/c1-18(2)11-4-3-8(5-10(11)12(15)19)16-17-9(6-13)7-14/h3-5,16H,1-2H3,(H2,15,19). The van der Waals surface area contributed by atoms with Gasteiger partial charge in [0.15, 0.2) is 0 Å². The van der Waals surface area contributed by atoms with Crippen LogP contribution >= 0.6 is 0 Å². The van der Waals surface area contributed by atoms with Crippen LogP contribution in [0.3, 0.4) is 0 Å². The fraction of sp³-hybridized carbons (Fsp3) is 0.167. The molecule has 0 atom stereocenters. The van der Waals surface area contributed by atoms with Gasteiger partial charge in [0, 0.05) is 19.8 Å². The predicted octanol–water partition coefficient (Wildman–Crippen LogP) is 0.667. The van der Waals surface area contributed by atoms with Crippen molar-refractivity contribution in [2.75, 3.05) is 24.4 Å². The number of nitriles is 2. The summed E-state index contributed by atoms with van der Waals surface area (Å²) in [4.78, 5) is 13.1. The summed E-state index contributed by atoms with van der Waals surface area (Å²) in [6.45, 7) is 0. The number of carbonyl (C=O) groups excluding carboxylic acids is 1. The number of nitrogens with two attached hydrogens (primary N) is 1. The molecule has 0 spiro atoms. The molecule has 1 rings (SSSR count). The summed E-state index contributed by atoms with van der Waals surface area (Å²) in [6, 6.07) is 8.09. The Morgan fingerprint density at radius 2 is 2.00 bits per heavy atom. The third kappa shape index (κ3) is 3.45. The van der Waals surface area contributed by atoms with Gasteiger partial charge in [-0.05, 0) is 18.2 Å². The molecule has 0 unspecified atom stereocenters. The number of benzene rings is 1. The van der Waals surface area contributed by atoms with Crippen molar-refractivity contribution in [1.29, 1.82) is 10.5 Å². The molecule has 7 nitrogen and oxygen atoms in total. The van der Waals surface area contributed by atoms with Gasteiger partial charge in [0.1, 0.15) is 12.1 Å². The molecule has 0 aliphatic heterocycles. The van der Waals surface area contributed by atoms with Gasteiger partial charge in [-0.3, -0.25) is 10.2 Å². The Labute approximate surface area is 110 Å². The quantitative estimate of drug-likeness (QED) is 0.606. The number of carbonyl (C=O) groups is 1. The molecule has 0 fully saturated rings. The van der Waals surface area contributed by atoms with Gasteiger partial charge in [-0.1, -0.05) is 0 Å². The molecule has 19 heavy (non-hydrogen) atoms. The fourth-order valence-corrected chi connectivity index (χ4v) is 1.39. The van der Waals surface area contributed by atoms with E-state index in [1.165, 1.54) is 6.07 Å². The Bertz CT molecular complexity index is 590. The van der Waals surface area contributed by atoms with Crippen molar-refractivity contribution in [2.45, 2.75) is 0 Å². The molecule has 3 N–H and O–H groups in total. The molecule has 0 saturated carbocycles. The van der Waals surface area contributed by atoms with E-state index in [1.807, 2.05) is 0 Å². The summed E-state index contributed by atoms with van der Waals surface area (Å²) in [5, 5.41) is 20.7. The maximum Gasteiger partial charge on any atom is 0.250 e. The molecule has 1 aromatic carbocycles. The zero-order chi connectivity index (χ0) is 14.4. The number of hydrazone groups is 1. The monoisotopic (exact) mass is 256 g/mol. The van der Waals surface area contributed by atoms with Crippen molar-refractivity contribution >= 4 is 23.0 Å². The van der Waals surface area contributed by atoms with Crippen LogP contribution in [0, 0.1) is 22.7 Å². The molecule has 0 bridgehead atoms. The van der Waals surface area contributed by atoms with Crippen LogP contribution in [-0.2, 0) is 0 Å². The number of hydrogen-bond acceptors (Lipinski definition) is 6. The van der Waals surface area contributed by atoms with Gasteiger partial charge in [0.25, 0.3) is 5.91 Å². The Balaban J connectivity index is 3.11. The molecule has 7 heteroatoms. The molecule has 1 aromatic rings. The van der Waals surface area contributed by atoms with Gasteiger partial charge in [-0.15, -0.1) is 0 Å². The van der Waals surface area contributed by atoms with Gasteiger partial charge < -0.3 is 10.6 Å². The van der Waals surface area contributed by atoms with Crippen molar-refractivity contribution in [3.63, 3.8) is 0 Å². The van der Waals surface area contributed by atoms with Gasteiger partial charge in [-0.2, -0.15) is 15.6 Å². The summed E-state index contributed by atoms with van der Waals surface area (Å²) in [5.41, 5.74) is 8.96. The second-order valence-electron chi connectivity index (χ2n) is 3.79. The van der Waals surface area contributed by atoms with Gasteiger partial charge in [0.05, 0.1) is 11.3 Å². The number of anilines is 2.